The monoisotopic (exact) mass is 424 g/mol. The Kier molecular flexibility index (Phi) is 4.87. The first-order valence-corrected chi connectivity index (χ1v) is 10.6. The summed E-state index contributed by atoms with van der Waals surface area (Å²) in [6, 6.07) is 23.0. The Morgan fingerprint density at radius 1 is 0.897 bits per heavy atom. The van der Waals surface area contributed by atoms with Gasteiger partial charge < -0.3 is 5.73 Å². The highest BCUT2D eigenvalue weighted by Gasteiger charge is 2.15. The van der Waals surface area contributed by atoms with Crippen molar-refractivity contribution in [1.29, 1.82) is 0 Å². The van der Waals surface area contributed by atoms with Gasteiger partial charge in [-0.05, 0) is 48.5 Å². The number of hydrogen-bond donors (Lipinski definition) is 2. The Labute approximate surface area is 173 Å². The van der Waals surface area contributed by atoms with E-state index in [2.05, 4.69) is 0 Å². The quantitative estimate of drug-likeness (QED) is 0.481. The van der Waals surface area contributed by atoms with Gasteiger partial charge in [0.2, 0.25) is 10.0 Å². The second-order valence-corrected chi connectivity index (χ2v) is 8.46. The maximum Gasteiger partial charge on any atom is 0.238 e. The van der Waals surface area contributed by atoms with E-state index in [1.165, 1.54) is 12.1 Å². The molecule has 6 nitrogen and oxygen atoms in total. The van der Waals surface area contributed by atoms with Crippen LogP contribution in [0, 0.1) is 0 Å². The molecule has 4 rings (SSSR count). The van der Waals surface area contributed by atoms with E-state index < -0.39 is 10.0 Å². The number of rotatable bonds is 4. The molecule has 0 aliphatic rings. The van der Waals surface area contributed by atoms with Crippen LogP contribution in [0.15, 0.2) is 83.8 Å². The first kappa shape index (κ1) is 19.2. The van der Waals surface area contributed by atoms with Crippen LogP contribution in [-0.4, -0.2) is 18.2 Å². The number of primary sulfonamides is 1. The number of benzene rings is 3. The molecule has 0 spiro atoms. The van der Waals surface area contributed by atoms with Crippen molar-refractivity contribution >= 4 is 27.3 Å². The Morgan fingerprint density at radius 2 is 1.55 bits per heavy atom. The van der Waals surface area contributed by atoms with Crippen LogP contribution < -0.4 is 10.9 Å². The Hall–Kier alpha value is -3.13. The fourth-order valence-electron chi connectivity index (χ4n) is 3.04. The SMILES string of the molecule is Nc1ccccc1-c1cc(-c2ccc(Cl)cc2)n(-c2ccc(S(N)(=O)=O)cc2)n1. The van der Waals surface area contributed by atoms with Gasteiger partial charge in [-0.1, -0.05) is 41.9 Å². The van der Waals surface area contributed by atoms with Gasteiger partial charge in [-0.25, -0.2) is 18.2 Å². The Bertz CT molecular complexity index is 1280. The zero-order valence-electron chi connectivity index (χ0n) is 15.2. The number of para-hydroxylation sites is 1. The van der Waals surface area contributed by atoms with Gasteiger partial charge >= 0.3 is 0 Å². The minimum atomic E-state index is -3.77. The number of nitrogens with zero attached hydrogens (tertiary/aromatic N) is 2. The van der Waals surface area contributed by atoms with Crippen molar-refractivity contribution < 1.29 is 8.42 Å². The van der Waals surface area contributed by atoms with E-state index in [1.54, 1.807) is 28.9 Å². The molecule has 0 aliphatic carbocycles. The molecule has 146 valence electrons. The number of aromatic nitrogens is 2. The molecule has 29 heavy (non-hydrogen) atoms. The number of nitrogens with two attached hydrogens (primary N) is 2. The third-order valence-corrected chi connectivity index (χ3v) is 5.68. The molecule has 8 heteroatoms. The summed E-state index contributed by atoms with van der Waals surface area (Å²) >= 11 is 6.03. The van der Waals surface area contributed by atoms with Crippen molar-refractivity contribution in [2.75, 3.05) is 5.73 Å². The van der Waals surface area contributed by atoms with Crippen LogP contribution in [-0.2, 0) is 10.0 Å². The van der Waals surface area contributed by atoms with E-state index in [1.807, 2.05) is 42.5 Å². The summed E-state index contributed by atoms with van der Waals surface area (Å²) in [5, 5.41) is 10.6. The third kappa shape index (κ3) is 3.88. The molecule has 0 bridgehead atoms. The lowest BCUT2D eigenvalue weighted by molar-refractivity contribution is 0.598. The van der Waals surface area contributed by atoms with Gasteiger partial charge in [-0.3, -0.25) is 0 Å². The predicted octanol–water partition coefficient (Wildman–Crippen LogP) is 4.09. The molecule has 0 saturated carbocycles. The molecule has 1 heterocycles. The molecule has 0 amide bonds. The number of anilines is 1. The van der Waals surface area contributed by atoms with Gasteiger partial charge in [0.05, 0.1) is 22.0 Å². The van der Waals surface area contributed by atoms with E-state index in [-0.39, 0.29) is 4.90 Å². The van der Waals surface area contributed by atoms with Crippen LogP contribution >= 0.6 is 11.6 Å². The lowest BCUT2D eigenvalue weighted by atomic mass is 10.1. The summed E-state index contributed by atoms with van der Waals surface area (Å²) in [5.41, 5.74) is 10.6. The second kappa shape index (κ2) is 7.36. The number of halogens is 1. The minimum Gasteiger partial charge on any atom is -0.398 e. The highest BCUT2D eigenvalue weighted by molar-refractivity contribution is 7.89. The standard InChI is InChI=1S/C21H17ClN4O2S/c22-15-7-5-14(6-8-15)21-13-20(18-3-1-2-4-19(18)23)25-26(21)16-9-11-17(12-10-16)29(24,27)28/h1-13H,23H2,(H2,24,27,28). The average Bonchev–Trinajstić information content (AvgIpc) is 3.13. The fraction of sp³-hybridized carbons (Fsp3) is 0. The second-order valence-electron chi connectivity index (χ2n) is 6.46. The van der Waals surface area contributed by atoms with Crippen molar-refractivity contribution in [2.24, 2.45) is 5.14 Å². The smallest absolute Gasteiger partial charge is 0.238 e. The molecular formula is C21H17ClN4O2S. The van der Waals surface area contributed by atoms with E-state index in [0.29, 0.717) is 22.1 Å². The molecule has 0 aliphatic heterocycles. The highest BCUT2D eigenvalue weighted by atomic mass is 35.5. The summed E-state index contributed by atoms with van der Waals surface area (Å²) in [7, 11) is -3.77. The topological polar surface area (TPSA) is 104 Å². The Balaban J connectivity index is 1.89. The maximum atomic E-state index is 11.6. The normalized spacial score (nSPS) is 11.5. The molecule has 4 N–H and O–H groups in total. The summed E-state index contributed by atoms with van der Waals surface area (Å²) in [4.78, 5) is 0.0361. The van der Waals surface area contributed by atoms with Crippen LogP contribution in [0.25, 0.3) is 28.2 Å². The number of sulfonamides is 1. The molecule has 0 atom stereocenters. The third-order valence-electron chi connectivity index (χ3n) is 4.50. The molecule has 4 aromatic rings. The van der Waals surface area contributed by atoms with Gasteiger partial charge in [0.1, 0.15) is 0 Å². The van der Waals surface area contributed by atoms with E-state index in [9.17, 15) is 8.42 Å². The van der Waals surface area contributed by atoms with Crippen molar-refractivity contribution in [3.05, 3.63) is 83.9 Å². The highest BCUT2D eigenvalue weighted by Crippen LogP contribution is 2.32. The van der Waals surface area contributed by atoms with Crippen LogP contribution in [0.5, 0.6) is 0 Å². The number of nitrogen functional groups attached to an aromatic ring is 1. The first-order chi connectivity index (χ1) is 13.8. The molecule has 1 aromatic heterocycles. The summed E-state index contributed by atoms with van der Waals surface area (Å²) < 4.78 is 24.8. The van der Waals surface area contributed by atoms with E-state index in [0.717, 1.165) is 16.8 Å². The van der Waals surface area contributed by atoms with Gasteiger partial charge in [-0.2, -0.15) is 5.10 Å². The van der Waals surface area contributed by atoms with Crippen molar-refractivity contribution in [3.8, 4) is 28.2 Å². The average molecular weight is 425 g/mol. The van der Waals surface area contributed by atoms with Crippen LogP contribution in [0.4, 0.5) is 5.69 Å². The molecular weight excluding hydrogens is 408 g/mol. The molecule has 0 saturated heterocycles. The lowest BCUT2D eigenvalue weighted by Crippen LogP contribution is -2.12. The molecule has 3 aromatic carbocycles. The van der Waals surface area contributed by atoms with Crippen LogP contribution in [0.2, 0.25) is 5.02 Å². The van der Waals surface area contributed by atoms with Crippen LogP contribution in [0.1, 0.15) is 0 Å². The fourth-order valence-corrected chi connectivity index (χ4v) is 3.68. The van der Waals surface area contributed by atoms with Crippen LogP contribution in [0.3, 0.4) is 0 Å². The van der Waals surface area contributed by atoms with Gasteiger partial charge in [0.25, 0.3) is 0 Å². The largest absolute Gasteiger partial charge is 0.398 e. The summed E-state index contributed by atoms with van der Waals surface area (Å²) in [6.07, 6.45) is 0. The zero-order valence-corrected chi connectivity index (χ0v) is 16.7. The lowest BCUT2D eigenvalue weighted by Gasteiger charge is -2.08. The molecule has 0 radical (unpaired) electrons. The van der Waals surface area contributed by atoms with Crippen molar-refractivity contribution in [1.82, 2.24) is 9.78 Å². The number of hydrogen-bond acceptors (Lipinski definition) is 4. The minimum absolute atomic E-state index is 0.0361. The van der Waals surface area contributed by atoms with Crippen molar-refractivity contribution in [2.45, 2.75) is 4.90 Å². The van der Waals surface area contributed by atoms with Crippen molar-refractivity contribution in [3.63, 3.8) is 0 Å². The first-order valence-electron chi connectivity index (χ1n) is 8.67. The summed E-state index contributed by atoms with van der Waals surface area (Å²) in [5.74, 6) is 0. The van der Waals surface area contributed by atoms with Gasteiger partial charge in [0, 0.05) is 21.8 Å². The van der Waals surface area contributed by atoms with Gasteiger partial charge in [-0.15, -0.1) is 0 Å². The van der Waals surface area contributed by atoms with Gasteiger partial charge in [0.15, 0.2) is 0 Å². The maximum absolute atomic E-state index is 11.6. The van der Waals surface area contributed by atoms with E-state index >= 15 is 0 Å². The molecule has 0 fully saturated rings. The molecule has 0 unspecified atom stereocenters. The Morgan fingerprint density at radius 3 is 2.17 bits per heavy atom. The van der Waals surface area contributed by atoms with E-state index in [4.69, 9.17) is 27.6 Å². The summed E-state index contributed by atoms with van der Waals surface area (Å²) in [6.45, 7) is 0. The predicted molar refractivity (Wildman–Crippen MR) is 115 cm³/mol. The zero-order chi connectivity index (χ0) is 20.6.